The standard InChI is InChI=1S/C14H18BrNO2/c15-10-2-1-9(8-17)14(5-10)16-11-3-4-12(16)7-13(18)6-11/h1-2,5,11-13,17-18H,3-4,6-8H2. The summed E-state index contributed by atoms with van der Waals surface area (Å²) in [5.41, 5.74) is 2.11. The van der Waals surface area contributed by atoms with Gasteiger partial charge in [0.2, 0.25) is 0 Å². The molecule has 0 amide bonds. The molecule has 3 nitrogen and oxygen atoms in total. The van der Waals surface area contributed by atoms with E-state index in [1.54, 1.807) is 0 Å². The fourth-order valence-electron chi connectivity index (χ4n) is 3.45. The summed E-state index contributed by atoms with van der Waals surface area (Å²) in [5, 5.41) is 19.3. The summed E-state index contributed by atoms with van der Waals surface area (Å²) >= 11 is 3.51. The molecule has 2 aliphatic rings. The van der Waals surface area contributed by atoms with Crippen molar-refractivity contribution in [1.29, 1.82) is 0 Å². The van der Waals surface area contributed by atoms with Crippen molar-refractivity contribution < 1.29 is 10.2 Å². The van der Waals surface area contributed by atoms with Crippen LogP contribution in [-0.4, -0.2) is 28.4 Å². The van der Waals surface area contributed by atoms with Gasteiger partial charge in [0.25, 0.3) is 0 Å². The van der Waals surface area contributed by atoms with E-state index < -0.39 is 0 Å². The highest BCUT2D eigenvalue weighted by Crippen LogP contribution is 2.41. The minimum Gasteiger partial charge on any atom is -0.393 e. The lowest BCUT2D eigenvalue weighted by molar-refractivity contribution is 0.126. The van der Waals surface area contributed by atoms with Crippen LogP contribution in [0.2, 0.25) is 0 Å². The van der Waals surface area contributed by atoms with Gasteiger partial charge in [-0.2, -0.15) is 0 Å². The van der Waals surface area contributed by atoms with E-state index in [1.807, 2.05) is 12.1 Å². The minimum atomic E-state index is -0.150. The normalized spacial score (nSPS) is 30.8. The fraction of sp³-hybridized carbons (Fsp3) is 0.571. The molecule has 0 aliphatic carbocycles. The number of benzene rings is 1. The van der Waals surface area contributed by atoms with E-state index in [0.717, 1.165) is 41.4 Å². The molecule has 2 heterocycles. The molecule has 18 heavy (non-hydrogen) atoms. The van der Waals surface area contributed by atoms with E-state index in [4.69, 9.17) is 0 Å². The molecule has 1 aromatic rings. The summed E-state index contributed by atoms with van der Waals surface area (Å²) < 4.78 is 1.04. The number of fused-ring (bicyclic) bond motifs is 2. The maximum atomic E-state index is 9.85. The number of aliphatic hydroxyl groups excluding tert-OH is 2. The van der Waals surface area contributed by atoms with Gasteiger partial charge in [-0.05, 0) is 37.8 Å². The molecule has 98 valence electrons. The van der Waals surface area contributed by atoms with Crippen molar-refractivity contribution in [1.82, 2.24) is 0 Å². The zero-order valence-corrected chi connectivity index (χ0v) is 11.8. The van der Waals surface area contributed by atoms with Gasteiger partial charge in [-0.1, -0.05) is 22.0 Å². The Hall–Kier alpha value is -0.580. The van der Waals surface area contributed by atoms with Crippen LogP contribution in [-0.2, 0) is 6.61 Å². The highest BCUT2D eigenvalue weighted by Gasteiger charge is 2.40. The van der Waals surface area contributed by atoms with Gasteiger partial charge < -0.3 is 15.1 Å². The zero-order valence-electron chi connectivity index (χ0n) is 10.2. The summed E-state index contributed by atoms with van der Waals surface area (Å²) in [4.78, 5) is 2.42. The first-order chi connectivity index (χ1) is 8.69. The maximum Gasteiger partial charge on any atom is 0.0702 e. The van der Waals surface area contributed by atoms with E-state index >= 15 is 0 Å². The van der Waals surface area contributed by atoms with E-state index in [9.17, 15) is 10.2 Å². The highest BCUT2D eigenvalue weighted by molar-refractivity contribution is 9.10. The molecule has 2 aliphatic heterocycles. The van der Waals surface area contributed by atoms with Crippen molar-refractivity contribution in [3.63, 3.8) is 0 Å². The number of anilines is 1. The van der Waals surface area contributed by atoms with Crippen molar-refractivity contribution in [2.24, 2.45) is 0 Å². The molecule has 3 rings (SSSR count). The molecule has 2 unspecified atom stereocenters. The summed E-state index contributed by atoms with van der Waals surface area (Å²) in [5.74, 6) is 0. The third-order valence-electron chi connectivity index (χ3n) is 4.20. The Kier molecular flexibility index (Phi) is 3.34. The molecule has 2 bridgehead atoms. The van der Waals surface area contributed by atoms with Gasteiger partial charge in [-0.25, -0.2) is 0 Å². The highest BCUT2D eigenvalue weighted by atomic mass is 79.9. The number of rotatable bonds is 2. The molecule has 0 saturated carbocycles. The predicted molar refractivity (Wildman–Crippen MR) is 74.6 cm³/mol. The second-order valence-corrected chi connectivity index (χ2v) is 6.26. The van der Waals surface area contributed by atoms with Crippen LogP contribution in [0.15, 0.2) is 22.7 Å². The van der Waals surface area contributed by atoms with Gasteiger partial charge in [0.1, 0.15) is 0 Å². The second kappa shape index (κ2) is 4.83. The second-order valence-electron chi connectivity index (χ2n) is 5.35. The SMILES string of the molecule is OCc1ccc(Br)cc1N1C2CCC1CC(O)C2. The zero-order chi connectivity index (χ0) is 12.7. The van der Waals surface area contributed by atoms with Crippen LogP contribution in [0.25, 0.3) is 0 Å². The minimum absolute atomic E-state index is 0.0705. The number of halogens is 1. The Morgan fingerprint density at radius 1 is 1.22 bits per heavy atom. The first-order valence-corrected chi connectivity index (χ1v) is 7.34. The Labute approximate surface area is 116 Å². The molecule has 0 spiro atoms. The summed E-state index contributed by atoms with van der Waals surface area (Å²) in [6.45, 7) is 0.0705. The first-order valence-electron chi connectivity index (χ1n) is 6.54. The van der Waals surface area contributed by atoms with Gasteiger partial charge in [0, 0.05) is 27.8 Å². The summed E-state index contributed by atoms with van der Waals surface area (Å²) in [6, 6.07) is 6.89. The van der Waals surface area contributed by atoms with E-state index in [1.165, 1.54) is 0 Å². The number of hydrogen-bond donors (Lipinski definition) is 2. The lowest BCUT2D eigenvalue weighted by Crippen LogP contribution is -2.45. The van der Waals surface area contributed by atoms with E-state index in [-0.39, 0.29) is 12.7 Å². The van der Waals surface area contributed by atoms with E-state index in [2.05, 4.69) is 26.9 Å². The molecule has 1 aromatic carbocycles. The van der Waals surface area contributed by atoms with Crippen LogP contribution in [0.4, 0.5) is 5.69 Å². The van der Waals surface area contributed by atoms with Crippen LogP contribution in [0, 0.1) is 0 Å². The Morgan fingerprint density at radius 2 is 1.89 bits per heavy atom. The number of hydrogen-bond acceptors (Lipinski definition) is 3. The van der Waals surface area contributed by atoms with Crippen LogP contribution in [0.1, 0.15) is 31.2 Å². The Morgan fingerprint density at radius 3 is 2.50 bits per heavy atom. The van der Waals surface area contributed by atoms with Gasteiger partial charge in [-0.3, -0.25) is 0 Å². The van der Waals surface area contributed by atoms with Crippen molar-refractivity contribution in [2.75, 3.05) is 4.90 Å². The third kappa shape index (κ3) is 2.06. The summed E-state index contributed by atoms with van der Waals surface area (Å²) in [6.07, 6.45) is 3.86. The van der Waals surface area contributed by atoms with E-state index in [0.29, 0.717) is 12.1 Å². The lowest BCUT2D eigenvalue weighted by Gasteiger charge is -2.40. The van der Waals surface area contributed by atoms with Crippen LogP contribution in [0.5, 0.6) is 0 Å². The number of nitrogens with zero attached hydrogens (tertiary/aromatic N) is 1. The molecule has 2 atom stereocenters. The summed E-state index contributed by atoms with van der Waals surface area (Å²) in [7, 11) is 0. The van der Waals surface area contributed by atoms with Gasteiger partial charge in [-0.15, -0.1) is 0 Å². The molecule has 0 aromatic heterocycles. The quantitative estimate of drug-likeness (QED) is 0.881. The van der Waals surface area contributed by atoms with Gasteiger partial charge >= 0.3 is 0 Å². The molecule has 2 N–H and O–H groups in total. The van der Waals surface area contributed by atoms with Crippen LogP contribution in [0.3, 0.4) is 0 Å². The molecule has 2 saturated heterocycles. The monoisotopic (exact) mass is 311 g/mol. The third-order valence-corrected chi connectivity index (χ3v) is 4.70. The van der Waals surface area contributed by atoms with Crippen LogP contribution < -0.4 is 4.90 Å². The number of piperidine rings is 1. The molecule has 0 radical (unpaired) electrons. The topological polar surface area (TPSA) is 43.7 Å². The maximum absolute atomic E-state index is 9.85. The van der Waals surface area contributed by atoms with Crippen molar-refractivity contribution in [3.8, 4) is 0 Å². The molecule has 4 heteroatoms. The first kappa shape index (κ1) is 12.5. The van der Waals surface area contributed by atoms with Crippen molar-refractivity contribution in [2.45, 2.75) is 50.5 Å². The predicted octanol–water partition coefficient (Wildman–Crippen LogP) is 2.43. The van der Waals surface area contributed by atoms with Gasteiger partial charge in [0.05, 0.1) is 12.7 Å². The van der Waals surface area contributed by atoms with Gasteiger partial charge in [0.15, 0.2) is 0 Å². The average Bonchev–Trinajstić information content (AvgIpc) is 2.61. The largest absolute Gasteiger partial charge is 0.393 e. The van der Waals surface area contributed by atoms with Crippen LogP contribution >= 0.6 is 15.9 Å². The lowest BCUT2D eigenvalue weighted by atomic mass is 9.98. The van der Waals surface area contributed by atoms with Crippen molar-refractivity contribution >= 4 is 21.6 Å². The smallest absolute Gasteiger partial charge is 0.0702 e. The molecular weight excluding hydrogens is 294 g/mol. The average molecular weight is 312 g/mol. The molecule has 2 fully saturated rings. The Bertz CT molecular complexity index is 437. The Balaban J connectivity index is 1.98. The number of aliphatic hydroxyl groups is 2. The molecular formula is C14H18BrNO2. The van der Waals surface area contributed by atoms with Crippen molar-refractivity contribution in [3.05, 3.63) is 28.2 Å². The fourth-order valence-corrected chi connectivity index (χ4v) is 3.80.